The number of para-hydroxylation sites is 2. The Morgan fingerprint density at radius 1 is 0.929 bits per heavy atom. The van der Waals surface area contributed by atoms with Crippen LogP contribution in [0.1, 0.15) is 25.5 Å². The second-order valence-electron chi connectivity index (χ2n) is 7.25. The summed E-state index contributed by atoms with van der Waals surface area (Å²) in [6.07, 6.45) is 0. The number of aromatic nitrogens is 2. The van der Waals surface area contributed by atoms with E-state index >= 15 is 0 Å². The van der Waals surface area contributed by atoms with Crippen LogP contribution in [0.2, 0.25) is 0 Å². The van der Waals surface area contributed by atoms with Crippen molar-refractivity contribution in [3.63, 3.8) is 0 Å². The molecule has 0 radical (unpaired) electrons. The molecule has 4 aromatic rings. The summed E-state index contributed by atoms with van der Waals surface area (Å²) in [5.41, 5.74) is 8.42. The van der Waals surface area contributed by atoms with Crippen molar-refractivity contribution in [3.05, 3.63) is 86.9 Å². The molecule has 0 saturated heterocycles. The molecule has 0 amide bonds. The van der Waals surface area contributed by atoms with Gasteiger partial charge in [0.15, 0.2) is 0 Å². The average Bonchev–Trinajstić information content (AvgIpc) is 2.71. The van der Waals surface area contributed by atoms with Gasteiger partial charge >= 0.3 is 0 Å². The second kappa shape index (κ2) is 7.09. The number of fused-ring (bicyclic) bond motifs is 2. The normalized spacial score (nSPS) is 11.6. The van der Waals surface area contributed by atoms with Crippen LogP contribution in [0.4, 0.5) is 0 Å². The van der Waals surface area contributed by atoms with Crippen molar-refractivity contribution in [2.24, 2.45) is 5.73 Å². The van der Waals surface area contributed by atoms with Gasteiger partial charge in [-0.05, 0) is 36.2 Å². The summed E-state index contributed by atoms with van der Waals surface area (Å²) in [5, 5.41) is 0.748. The molecule has 2 heterocycles. The third-order valence-electron chi connectivity index (χ3n) is 5.13. The Morgan fingerprint density at radius 3 is 2.29 bits per heavy atom. The SMILES string of the molecule is CC(C)c1cc2c(c(=O)c3ccccc3n2CCN)c(=O)n1-c1ccccc1. The van der Waals surface area contributed by atoms with Gasteiger partial charge in [-0.15, -0.1) is 0 Å². The monoisotopic (exact) mass is 373 g/mol. The summed E-state index contributed by atoms with van der Waals surface area (Å²) in [5.74, 6) is 0.102. The minimum Gasteiger partial charge on any atom is -0.339 e. The van der Waals surface area contributed by atoms with E-state index in [-0.39, 0.29) is 22.3 Å². The van der Waals surface area contributed by atoms with Gasteiger partial charge in [0.1, 0.15) is 5.39 Å². The lowest BCUT2D eigenvalue weighted by Gasteiger charge is -2.20. The van der Waals surface area contributed by atoms with Crippen LogP contribution in [0.3, 0.4) is 0 Å². The fraction of sp³-hybridized carbons (Fsp3) is 0.217. The van der Waals surface area contributed by atoms with Crippen LogP contribution in [0.25, 0.3) is 27.5 Å². The van der Waals surface area contributed by atoms with E-state index in [1.54, 1.807) is 10.6 Å². The molecule has 0 aliphatic heterocycles. The quantitative estimate of drug-likeness (QED) is 0.558. The van der Waals surface area contributed by atoms with Crippen LogP contribution in [0, 0.1) is 0 Å². The number of rotatable bonds is 4. The first-order valence-corrected chi connectivity index (χ1v) is 9.51. The Balaban J connectivity index is 2.26. The van der Waals surface area contributed by atoms with E-state index in [0.717, 1.165) is 16.9 Å². The standard InChI is InChI=1S/C23H23N3O2/c1-15(2)19-14-20-21(23(28)26(19)16-8-4-3-5-9-16)22(27)17-10-6-7-11-18(17)25(20)13-12-24/h3-11,14-15H,12-13,24H2,1-2H3. The second-order valence-corrected chi connectivity index (χ2v) is 7.25. The zero-order valence-electron chi connectivity index (χ0n) is 16.1. The molecule has 2 aromatic heterocycles. The maximum atomic E-state index is 13.6. The number of benzene rings is 2. The Hall–Kier alpha value is -3.18. The number of nitrogens with two attached hydrogens (primary N) is 1. The van der Waals surface area contributed by atoms with Gasteiger partial charge in [-0.2, -0.15) is 0 Å². The van der Waals surface area contributed by atoms with Crippen LogP contribution in [-0.2, 0) is 6.54 Å². The maximum Gasteiger partial charge on any atom is 0.268 e. The number of hydrogen-bond acceptors (Lipinski definition) is 3. The van der Waals surface area contributed by atoms with Gasteiger partial charge < -0.3 is 10.3 Å². The third kappa shape index (κ3) is 2.75. The summed E-state index contributed by atoms with van der Waals surface area (Å²) < 4.78 is 3.66. The van der Waals surface area contributed by atoms with Crippen molar-refractivity contribution in [1.29, 1.82) is 0 Å². The number of pyridine rings is 2. The van der Waals surface area contributed by atoms with Crippen LogP contribution in [-0.4, -0.2) is 15.7 Å². The van der Waals surface area contributed by atoms with Gasteiger partial charge in [0, 0.05) is 29.9 Å². The van der Waals surface area contributed by atoms with Crippen molar-refractivity contribution in [1.82, 2.24) is 9.13 Å². The van der Waals surface area contributed by atoms with Crippen molar-refractivity contribution in [2.45, 2.75) is 26.3 Å². The summed E-state index contributed by atoms with van der Waals surface area (Å²) in [7, 11) is 0. The summed E-state index contributed by atoms with van der Waals surface area (Å²) in [6, 6.07) is 18.8. The molecule has 0 spiro atoms. The van der Waals surface area contributed by atoms with E-state index < -0.39 is 0 Å². The smallest absolute Gasteiger partial charge is 0.268 e. The van der Waals surface area contributed by atoms with E-state index in [2.05, 4.69) is 0 Å². The Labute approximate surface area is 162 Å². The topological polar surface area (TPSA) is 70.0 Å². The van der Waals surface area contributed by atoms with Crippen LogP contribution in [0.5, 0.6) is 0 Å². The molecule has 5 nitrogen and oxygen atoms in total. The van der Waals surface area contributed by atoms with Gasteiger partial charge in [0.05, 0.1) is 11.0 Å². The zero-order chi connectivity index (χ0) is 19.8. The van der Waals surface area contributed by atoms with E-state index in [1.807, 2.05) is 73.0 Å². The first-order valence-electron chi connectivity index (χ1n) is 9.51. The summed E-state index contributed by atoms with van der Waals surface area (Å²) >= 11 is 0. The summed E-state index contributed by atoms with van der Waals surface area (Å²) in [4.78, 5) is 26.9. The van der Waals surface area contributed by atoms with Gasteiger partial charge in [0.2, 0.25) is 5.43 Å². The Bertz CT molecular complexity index is 1280. The Morgan fingerprint density at radius 2 is 1.61 bits per heavy atom. The molecule has 0 bridgehead atoms. The molecular formula is C23H23N3O2. The average molecular weight is 373 g/mol. The number of hydrogen-bond donors (Lipinski definition) is 1. The zero-order valence-corrected chi connectivity index (χ0v) is 16.1. The fourth-order valence-electron chi connectivity index (χ4n) is 3.85. The van der Waals surface area contributed by atoms with Crippen molar-refractivity contribution in [3.8, 4) is 5.69 Å². The molecule has 142 valence electrons. The highest BCUT2D eigenvalue weighted by Crippen LogP contribution is 2.23. The van der Waals surface area contributed by atoms with Crippen LogP contribution in [0.15, 0.2) is 70.3 Å². The first-order chi connectivity index (χ1) is 13.5. The summed E-state index contributed by atoms with van der Waals surface area (Å²) in [6.45, 7) is 5.04. The minimum absolute atomic E-state index is 0.102. The molecule has 0 aliphatic rings. The van der Waals surface area contributed by atoms with E-state index in [0.29, 0.717) is 24.0 Å². The molecular weight excluding hydrogens is 350 g/mol. The third-order valence-corrected chi connectivity index (χ3v) is 5.13. The molecule has 0 fully saturated rings. The highest BCUT2D eigenvalue weighted by molar-refractivity contribution is 5.93. The van der Waals surface area contributed by atoms with Crippen molar-refractivity contribution >= 4 is 21.8 Å². The lowest BCUT2D eigenvalue weighted by atomic mass is 10.0. The van der Waals surface area contributed by atoms with E-state index in [1.165, 1.54) is 0 Å². The molecule has 2 N–H and O–H groups in total. The van der Waals surface area contributed by atoms with Gasteiger partial charge in [-0.3, -0.25) is 14.2 Å². The fourth-order valence-corrected chi connectivity index (χ4v) is 3.85. The molecule has 2 aromatic carbocycles. The maximum absolute atomic E-state index is 13.6. The molecule has 0 unspecified atom stereocenters. The van der Waals surface area contributed by atoms with Gasteiger partial charge in [-0.25, -0.2) is 0 Å². The Kier molecular flexibility index (Phi) is 4.61. The highest BCUT2D eigenvalue weighted by Gasteiger charge is 2.19. The molecule has 4 rings (SSSR count). The van der Waals surface area contributed by atoms with E-state index in [9.17, 15) is 9.59 Å². The van der Waals surface area contributed by atoms with Crippen molar-refractivity contribution < 1.29 is 0 Å². The van der Waals surface area contributed by atoms with Crippen LogP contribution < -0.4 is 16.7 Å². The molecule has 0 aliphatic carbocycles. The number of nitrogens with zero attached hydrogens (tertiary/aromatic N) is 2. The van der Waals surface area contributed by atoms with Crippen molar-refractivity contribution in [2.75, 3.05) is 6.54 Å². The van der Waals surface area contributed by atoms with Crippen LogP contribution >= 0.6 is 0 Å². The van der Waals surface area contributed by atoms with Gasteiger partial charge in [0.25, 0.3) is 5.56 Å². The lowest BCUT2D eigenvalue weighted by Crippen LogP contribution is -2.29. The minimum atomic E-state index is -0.283. The molecule has 5 heteroatoms. The lowest BCUT2D eigenvalue weighted by molar-refractivity contribution is 0.738. The largest absolute Gasteiger partial charge is 0.339 e. The highest BCUT2D eigenvalue weighted by atomic mass is 16.1. The first kappa shape index (κ1) is 18.2. The molecule has 0 atom stereocenters. The predicted molar refractivity (Wildman–Crippen MR) is 114 cm³/mol. The molecule has 0 saturated carbocycles. The molecule has 28 heavy (non-hydrogen) atoms. The van der Waals surface area contributed by atoms with E-state index in [4.69, 9.17) is 5.73 Å². The van der Waals surface area contributed by atoms with Gasteiger partial charge in [-0.1, -0.05) is 44.2 Å². The predicted octanol–water partition coefficient (Wildman–Crippen LogP) is 3.39.